The van der Waals surface area contributed by atoms with Gasteiger partial charge in [-0.25, -0.2) is 4.98 Å². The van der Waals surface area contributed by atoms with Gasteiger partial charge in [0.05, 0.1) is 22.2 Å². The van der Waals surface area contributed by atoms with Gasteiger partial charge in [-0.2, -0.15) is 18.2 Å². The molecule has 0 aliphatic heterocycles. The van der Waals surface area contributed by atoms with E-state index in [-0.39, 0.29) is 21.1 Å². The summed E-state index contributed by atoms with van der Waals surface area (Å²) in [5, 5.41) is 6.90. The Bertz CT molecular complexity index is 4270. The van der Waals surface area contributed by atoms with Crippen molar-refractivity contribution in [1.29, 1.82) is 0 Å². The molecule has 0 N–H and O–H groups in total. The molecule has 71 heavy (non-hydrogen) atoms. The number of pyridine rings is 1. The Morgan fingerprint density at radius 2 is 1.08 bits per heavy atom. The number of para-hydroxylation sites is 4. The fourth-order valence-corrected chi connectivity index (χ4v) is 10.8. The largest absolute Gasteiger partial charge is 0.510 e. The summed E-state index contributed by atoms with van der Waals surface area (Å²) in [5.41, 5.74) is 13.9. The second-order valence-electron chi connectivity index (χ2n) is 17.6. The maximum Gasteiger partial charge on any atom is 0.267 e. The van der Waals surface area contributed by atoms with Crippen molar-refractivity contribution in [2.45, 2.75) is 0 Å². The van der Waals surface area contributed by atoms with Crippen molar-refractivity contribution < 1.29 is 30.4 Å². The number of ether oxygens (including phenoxy) is 1. The Balaban J connectivity index is 0.00000492. The zero-order valence-corrected chi connectivity index (χ0v) is 40.5. The molecule has 0 amide bonds. The molecule has 0 bridgehead atoms. The standard InChI is InChI=1S/C63H40N6O.Pt/c1-65-53-31-13-11-27-50(53)57-61(65)58-52-35-34-47(40-55(52)69(56-33-15-16-36-64-56)63(58)59-51-28-12-14-32-54(51)68(62(57)59)44-23-9-4-10-24-44)70-46-26-17-25-45(39-46)66-37-38-67(41-66)60-48(42-19-5-2-6-20-42)29-18-30-49(60)43-21-7-3-8-22-43;/h2-38H,1H3;/q-2;. The molecule has 14 aromatic rings. The Labute approximate surface area is 423 Å². The number of fused-ring (bicyclic) bond motifs is 12. The van der Waals surface area contributed by atoms with Crippen LogP contribution in [0, 0.1) is 18.5 Å². The zero-order valence-electron chi connectivity index (χ0n) is 38.3. The van der Waals surface area contributed by atoms with Crippen molar-refractivity contribution in [2.75, 3.05) is 0 Å². The Hall–Kier alpha value is -8.77. The molecule has 0 aliphatic rings. The topological polar surface area (TPSA) is 45.7 Å². The van der Waals surface area contributed by atoms with Gasteiger partial charge in [0.15, 0.2) is 0 Å². The van der Waals surface area contributed by atoms with Gasteiger partial charge in [-0.1, -0.05) is 150 Å². The van der Waals surface area contributed by atoms with Crippen LogP contribution in [-0.4, -0.2) is 23.3 Å². The molecule has 0 atom stereocenters. The summed E-state index contributed by atoms with van der Waals surface area (Å²) in [4.78, 5) is 5.02. The molecule has 0 aliphatic carbocycles. The summed E-state index contributed by atoms with van der Waals surface area (Å²) >= 11 is 0. The molecule has 0 radical (unpaired) electrons. The van der Waals surface area contributed by atoms with Gasteiger partial charge in [0, 0.05) is 96.5 Å². The van der Waals surface area contributed by atoms with E-state index in [1.54, 1.807) is 0 Å². The summed E-state index contributed by atoms with van der Waals surface area (Å²) in [5.74, 6) is 1.91. The third-order valence-electron chi connectivity index (χ3n) is 13.7. The molecule has 5 heterocycles. The normalized spacial score (nSPS) is 11.6. The van der Waals surface area contributed by atoms with Gasteiger partial charge >= 0.3 is 0 Å². The van der Waals surface area contributed by atoms with E-state index in [0.717, 1.165) is 99.8 Å². The molecular weight excluding hydrogens is 1050 g/mol. The van der Waals surface area contributed by atoms with Crippen LogP contribution in [0.5, 0.6) is 11.5 Å². The Morgan fingerprint density at radius 3 is 1.80 bits per heavy atom. The van der Waals surface area contributed by atoms with Gasteiger partial charge in [-0.05, 0) is 69.7 Å². The van der Waals surface area contributed by atoms with Gasteiger partial charge in [-0.15, -0.1) is 24.3 Å². The SMILES string of the molecule is Cn1c2ccccc2c2c1c1c3ccc(Oc4[c-]c(-[n+]5[c-]n(-c6c(-c7ccccc7)cccc6-c6ccccc6)cc5)ccc4)[c-]c3n(-c3ccccn3)c1c1c3ccccc3n(-c3ccccc3)c21.[Pt]. The first-order valence-electron chi connectivity index (χ1n) is 23.4. The number of nitrogens with zero attached hydrogens (tertiary/aromatic N) is 6. The predicted octanol–water partition coefficient (Wildman–Crippen LogP) is 14.5. The van der Waals surface area contributed by atoms with E-state index in [2.05, 4.69) is 208 Å². The Morgan fingerprint density at radius 1 is 0.493 bits per heavy atom. The first kappa shape index (κ1) is 42.3. The second kappa shape index (κ2) is 17.0. The van der Waals surface area contributed by atoms with E-state index in [9.17, 15) is 0 Å². The van der Waals surface area contributed by atoms with E-state index >= 15 is 0 Å². The maximum atomic E-state index is 6.77. The molecule has 0 saturated carbocycles. The summed E-state index contributed by atoms with van der Waals surface area (Å²) in [6.45, 7) is 0. The molecule has 0 spiro atoms. The van der Waals surface area contributed by atoms with Gasteiger partial charge in [-0.3, -0.25) is 4.57 Å². The molecule has 9 aromatic carbocycles. The Kier molecular flexibility index (Phi) is 10.2. The molecule has 340 valence electrons. The van der Waals surface area contributed by atoms with Gasteiger partial charge in [0.2, 0.25) is 0 Å². The quantitative estimate of drug-likeness (QED) is 0.112. The molecule has 8 heteroatoms. The maximum absolute atomic E-state index is 6.77. The van der Waals surface area contributed by atoms with Crippen molar-refractivity contribution >= 4 is 65.4 Å². The molecule has 7 nitrogen and oxygen atoms in total. The number of aryl methyl sites for hydroxylation is 1. The predicted molar refractivity (Wildman–Crippen MR) is 282 cm³/mol. The van der Waals surface area contributed by atoms with Crippen LogP contribution in [0.1, 0.15) is 0 Å². The van der Waals surface area contributed by atoms with E-state index < -0.39 is 0 Å². The monoisotopic (exact) mass is 1090 g/mol. The van der Waals surface area contributed by atoms with Crippen molar-refractivity contribution in [3.8, 4) is 56.6 Å². The third kappa shape index (κ3) is 6.69. The van der Waals surface area contributed by atoms with Crippen molar-refractivity contribution in [3.63, 3.8) is 0 Å². The number of imidazole rings is 1. The van der Waals surface area contributed by atoms with Crippen LogP contribution in [0.4, 0.5) is 0 Å². The first-order valence-corrected chi connectivity index (χ1v) is 23.4. The van der Waals surface area contributed by atoms with Crippen LogP contribution in [0.2, 0.25) is 0 Å². The molecule has 14 rings (SSSR count). The van der Waals surface area contributed by atoms with E-state index in [4.69, 9.17) is 9.72 Å². The van der Waals surface area contributed by atoms with Crippen LogP contribution < -0.4 is 9.30 Å². The third-order valence-corrected chi connectivity index (χ3v) is 13.7. The van der Waals surface area contributed by atoms with Crippen molar-refractivity contribution in [3.05, 3.63) is 243 Å². The summed E-state index contributed by atoms with van der Waals surface area (Å²) < 4.78 is 17.9. The van der Waals surface area contributed by atoms with Gasteiger partial charge in [0.25, 0.3) is 6.33 Å². The van der Waals surface area contributed by atoms with Crippen LogP contribution in [0.15, 0.2) is 225 Å². The van der Waals surface area contributed by atoms with Crippen LogP contribution in [0.3, 0.4) is 0 Å². The van der Waals surface area contributed by atoms with Crippen molar-refractivity contribution in [1.82, 2.24) is 23.3 Å². The van der Waals surface area contributed by atoms with Crippen molar-refractivity contribution in [2.24, 2.45) is 7.05 Å². The summed E-state index contributed by atoms with van der Waals surface area (Å²) in [6, 6.07) is 79.3. The fourth-order valence-electron chi connectivity index (χ4n) is 10.8. The number of rotatable bonds is 8. The zero-order chi connectivity index (χ0) is 46.3. The number of hydrogen-bond donors (Lipinski definition) is 0. The number of hydrogen-bond acceptors (Lipinski definition) is 2. The van der Waals surface area contributed by atoms with E-state index in [1.165, 1.54) is 10.8 Å². The van der Waals surface area contributed by atoms with Crippen LogP contribution in [-0.2, 0) is 28.1 Å². The first-order chi connectivity index (χ1) is 34.7. The second-order valence-corrected chi connectivity index (χ2v) is 17.6. The molecule has 5 aromatic heterocycles. The van der Waals surface area contributed by atoms with E-state index in [0.29, 0.717) is 11.5 Å². The molecule has 0 fully saturated rings. The summed E-state index contributed by atoms with van der Waals surface area (Å²) in [7, 11) is 2.19. The molecule has 0 unspecified atom stereocenters. The molecular formula is C63H40N6OPt-2. The number of benzene rings is 9. The smallest absolute Gasteiger partial charge is 0.267 e. The molecule has 0 saturated heterocycles. The van der Waals surface area contributed by atoms with Gasteiger partial charge in [0.1, 0.15) is 5.82 Å². The minimum Gasteiger partial charge on any atom is -0.510 e. The van der Waals surface area contributed by atoms with E-state index in [1.807, 2.05) is 65.5 Å². The summed E-state index contributed by atoms with van der Waals surface area (Å²) in [6.07, 6.45) is 9.54. The van der Waals surface area contributed by atoms with Gasteiger partial charge < -0.3 is 23.0 Å². The average Bonchev–Trinajstić information content (AvgIpc) is 4.20. The van der Waals surface area contributed by atoms with Crippen LogP contribution in [0.25, 0.3) is 111 Å². The fraction of sp³-hybridized carbons (Fsp3) is 0.0159. The minimum absolute atomic E-state index is 0. The number of aromatic nitrogens is 6. The minimum atomic E-state index is 0. The average molecular weight is 1090 g/mol. The van der Waals surface area contributed by atoms with Crippen LogP contribution >= 0.6 is 0 Å².